The molecule has 9 heteroatoms. The molecule has 1 aliphatic carbocycles. The van der Waals surface area contributed by atoms with E-state index in [9.17, 15) is 23.1 Å². The van der Waals surface area contributed by atoms with Gasteiger partial charge in [0.25, 0.3) is 5.91 Å². The topological polar surface area (TPSA) is 90.6 Å². The molecule has 2 aliphatic rings. The van der Waals surface area contributed by atoms with Gasteiger partial charge in [-0.05, 0) is 51.2 Å². The zero-order valence-electron chi connectivity index (χ0n) is 16.8. The van der Waals surface area contributed by atoms with Crippen molar-refractivity contribution in [3.8, 4) is 0 Å². The highest BCUT2D eigenvalue weighted by atomic mass is 19.4. The van der Waals surface area contributed by atoms with Crippen molar-refractivity contribution in [1.82, 2.24) is 5.32 Å². The fourth-order valence-electron chi connectivity index (χ4n) is 4.24. The monoisotopic (exact) mass is 414 g/mol. The van der Waals surface area contributed by atoms with E-state index in [1.165, 1.54) is 0 Å². The number of carbonyl (C=O) groups excluding carboxylic acids is 1. The molecule has 1 aliphatic heterocycles. The van der Waals surface area contributed by atoms with Crippen molar-refractivity contribution in [2.45, 2.75) is 56.8 Å². The number of hydrogen-bond acceptors (Lipinski definition) is 5. The number of β-amino-alcohol motifs (C(OH)–C–C–N with tert-alkyl or cyclic N) is 1. The van der Waals surface area contributed by atoms with Gasteiger partial charge in [0.05, 0.1) is 34.1 Å². The fourth-order valence-corrected chi connectivity index (χ4v) is 4.24. The maximum absolute atomic E-state index is 13.0. The second-order valence-corrected chi connectivity index (χ2v) is 8.44. The quantitative estimate of drug-likeness (QED) is 0.569. The second-order valence-electron chi connectivity index (χ2n) is 8.44. The highest BCUT2D eigenvalue weighted by Gasteiger charge is 2.41. The van der Waals surface area contributed by atoms with Crippen LogP contribution in [0.1, 0.15) is 49.4 Å². The molecule has 1 saturated heterocycles. The Bertz CT molecular complexity index is 759. The van der Waals surface area contributed by atoms with E-state index in [1.807, 2.05) is 4.90 Å². The molecule has 0 radical (unpaired) electrons. The molecule has 6 nitrogen and oxygen atoms in total. The summed E-state index contributed by atoms with van der Waals surface area (Å²) in [5, 5.41) is 16.2. The van der Waals surface area contributed by atoms with Crippen LogP contribution in [0, 0.1) is 5.92 Å². The smallest absolute Gasteiger partial charge is 0.391 e. The van der Waals surface area contributed by atoms with Crippen molar-refractivity contribution in [3.05, 3.63) is 17.7 Å². The minimum Gasteiger partial charge on any atom is -0.397 e. The predicted octanol–water partition coefficient (Wildman–Crippen LogP) is 3.12. The summed E-state index contributed by atoms with van der Waals surface area (Å²) < 4.78 is 38.6. The number of nitrogens with zero attached hydrogens (tertiary/aromatic N) is 1. The summed E-state index contributed by atoms with van der Waals surface area (Å²) in [6, 6.07) is 3.08. The Morgan fingerprint density at radius 2 is 1.93 bits per heavy atom. The molecule has 0 bridgehead atoms. The number of nitrogens with one attached hydrogen (secondary N) is 2. The van der Waals surface area contributed by atoms with Gasteiger partial charge in [-0.1, -0.05) is 0 Å². The molecule has 1 atom stereocenters. The van der Waals surface area contributed by atoms with Crippen LogP contribution in [0.2, 0.25) is 0 Å². The predicted molar refractivity (Wildman–Crippen MR) is 107 cm³/mol. The fraction of sp³-hybridized carbons (Fsp3) is 0.650. The summed E-state index contributed by atoms with van der Waals surface area (Å²) in [5.41, 5.74) is 7.32. The minimum atomic E-state index is -4.17. The first kappa shape index (κ1) is 21.5. The van der Waals surface area contributed by atoms with Gasteiger partial charge in [-0.25, -0.2) is 0 Å². The molecular formula is C20H29F3N4O2. The Morgan fingerprint density at radius 1 is 1.28 bits per heavy atom. The number of alkyl halides is 3. The highest BCUT2D eigenvalue weighted by Crippen LogP contribution is 2.38. The number of nitrogen functional groups attached to an aromatic ring is 1. The van der Waals surface area contributed by atoms with Crippen LogP contribution in [-0.2, 0) is 0 Å². The van der Waals surface area contributed by atoms with Gasteiger partial charge in [-0.2, -0.15) is 13.2 Å². The summed E-state index contributed by atoms with van der Waals surface area (Å²) in [7, 11) is 1.73. The third-order valence-corrected chi connectivity index (χ3v) is 6.00. The lowest BCUT2D eigenvalue weighted by Gasteiger charge is -2.31. The van der Waals surface area contributed by atoms with Crippen LogP contribution < -0.4 is 21.3 Å². The van der Waals surface area contributed by atoms with Gasteiger partial charge in [0.2, 0.25) is 0 Å². The lowest BCUT2D eigenvalue weighted by molar-refractivity contribution is -0.182. The van der Waals surface area contributed by atoms with Crippen LogP contribution in [0.4, 0.5) is 30.2 Å². The molecule has 29 heavy (non-hydrogen) atoms. The van der Waals surface area contributed by atoms with E-state index in [0.29, 0.717) is 55.0 Å². The molecule has 162 valence electrons. The first-order chi connectivity index (χ1) is 13.5. The van der Waals surface area contributed by atoms with Gasteiger partial charge in [0.15, 0.2) is 0 Å². The van der Waals surface area contributed by atoms with Crippen LogP contribution in [0.15, 0.2) is 12.1 Å². The van der Waals surface area contributed by atoms with E-state index in [2.05, 4.69) is 10.6 Å². The van der Waals surface area contributed by atoms with Crippen molar-refractivity contribution in [2.24, 2.45) is 5.92 Å². The molecule has 1 aromatic carbocycles. The van der Waals surface area contributed by atoms with Crippen molar-refractivity contribution >= 4 is 23.0 Å². The normalized spacial score (nSPS) is 27.7. The summed E-state index contributed by atoms with van der Waals surface area (Å²) >= 11 is 0. The lowest BCUT2D eigenvalue weighted by Crippen LogP contribution is -2.40. The summed E-state index contributed by atoms with van der Waals surface area (Å²) in [4.78, 5) is 14.9. The van der Waals surface area contributed by atoms with Crippen molar-refractivity contribution < 1.29 is 23.1 Å². The van der Waals surface area contributed by atoms with Crippen LogP contribution in [0.3, 0.4) is 0 Å². The summed E-state index contributed by atoms with van der Waals surface area (Å²) in [5.74, 6) is -1.64. The zero-order chi connectivity index (χ0) is 21.4. The number of benzene rings is 1. The molecule has 1 heterocycles. The van der Waals surface area contributed by atoms with Gasteiger partial charge in [0.1, 0.15) is 0 Å². The molecule has 1 aromatic rings. The van der Waals surface area contributed by atoms with Gasteiger partial charge in [0, 0.05) is 26.2 Å². The SMILES string of the molecule is CNc1cc(N2CCC(C)(O)C2)c(C(=O)N[C@H]2CC[C@H](C(F)(F)F)CC2)cc1N. The van der Waals surface area contributed by atoms with Crippen LogP contribution >= 0.6 is 0 Å². The van der Waals surface area contributed by atoms with Crippen molar-refractivity contribution in [1.29, 1.82) is 0 Å². The Hall–Kier alpha value is -2.16. The number of rotatable bonds is 4. The van der Waals surface area contributed by atoms with E-state index in [4.69, 9.17) is 5.73 Å². The molecule has 5 N–H and O–H groups in total. The standard InChI is InChI=1S/C20H29F3N4O2/c1-19(29)7-8-27(11-19)17-10-16(25-2)15(24)9-14(17)18(28)26-13-5-3-12(4-6-13)20(21,22)23/h9-10,12-13,25,29H,3-8,11,24H2,1-2H3,(H,26,28)/t12-,13-,19?. The number of amides is 1. The molecule has 1 saturated carbocycles. The van der Waals surface area contributed by atoms with E-state index in [0.717, 1.165) is 0 Å². The van der Waals surface area contributed by atoms with Crippen LogP contribution in [-0.4, -0.2) is 49.0 Å². The van der Waals surface area contributed by atoms with Crippen LogP contribution in [0.25, 0.3) is 0 Å². The van der Waals surface area contributed by atoms with E-state index >= 15 is 0 Å². The molecule has 1 unspecified atom stereocenters. The average Bonchev–Trinajstić information content (AvgIpc) is 3.00. The Balaban J connectivity index is 1.77. The second kappa shape index (κ2) is 7.93. The molecular weight excluding hydrogens is 385 g/mol. The number of carbonyl (C=O) groups is 1. The first-order valence-electron chi connectivity index (χ1n) is 9.96. The van der Waals surface area contributed by atoms with Gasteiger partial charge >= 0.3 is 6.18 Å². The van der Waals surface area contributed by atoms with E-state index < -0.39 is 17.7 Å². The number of hydrogen-bond donors (Lipinski definition) is 4. The largest absolute Gasteiger partial charge is 0.397 e. The highest BCUT2D eigenvalue weighted by molar-refractivity contribution is 6.02. The molecule has 2 fully saturated rings. The van der Waals surface area contributed by atoms with E-state index in [-0.39, 0.29) is 24.8 Å². The Labute approximate surface area is 168 Å². The maximum Gasteiger partial charge on any atom is 0.391 e. The van der Waals surface area contributed by atoms with Gasteiger partial charge in [-0.3, -0.25) is 4.79 Å². The maximum atomic E-state index is 13.0. The van der Waals surface area contributed by atoms with Crippen molar-refractivity contribution in [2.75, 3.05) is 36.1 Å². The molecule has 0 spiro atoms. The first-order valence-corrected chi connectivity index (χ1v) is 9.96. The summed E-state index contributed by atoms with van der Waals surface area (Å²) in [6.07, 6.45) is -2.95. The van der Waals surface area contributed by atoms with Gasteiger partial charge in [-0.15, -0.1) is 0 Å². The zero-order valence-corrected chi connectivity index (χ0v) is 16.8. The van der Waals surface area contributed by atoms with Gasteiger partial charge < -0.3 is 26.4 Å². The third kappa shape index (κ3) is 4.88. The average molecular weight is 414 g/mol. The Kier molecular flexibility index (Phi) is 5.89. The minimum absolute atomic E-state index is 0.0249. The Morgan fingerprint density at radius 3 is 2.45 bits per heavy atom. The molecule has 1 amide bonds. The number of anilines is 3. The summed E-state index contributed by atoms with van der Waals surface area (Å²) in [6.45, 7) is 2.73. The number of aliphatic hydroxyl groups is 1. The van der Waals surface area contributed by atoms with E-state index in [1.54, 1.807) is 26.1 Å². The number of nitrogens with two attached hydrogens (primary N) is 1. The molecule has 3 rings (SSSR count). The number of halogens is 3. The molecule has 0 aromatic heterocycles. The third-order valence-electron chi connectivity index (χ3n) is 6.00. The lowest BCUT2D eigenvalue weighted by atomic mass is 9.85. The van der Waals surface area contributed by atoms with Crippen LogP contribution in [0.5, 0.6) is 0 Å². The van der Waals surface area contributed by atoms with Crippen molar-refractivity contribution in [3.63, 3.8) is 0 Å².